The molecule has 1 amide bonds. The van der Waals surface area contributed by atoms with Crippen LogP contribution in [0.4, 0.5) is 5.69 Å². The van der Waals surface area contributed by atoms with E-state index in [2.05, 4.69) is 12.2 Å². The van der Waals surface area contributed by atoms with Crippen LogP contribution in [0.15, 0.2) is 24.3 Å². The number of anilines is 1. The number of nitrogens with one attached hydrogen (secondary N) is 1. The molecule has 1 saturated carbocycles. The Hall–Kier alpha value is -1.84. The van der Waals surface area contributed by atoms with Crippen LogP contribution in [-0.2, 0) is 20.7 Å². The van der Waals surface area contributed by atoms with Gasteiger partial charge < -0.3 is 10.1 Å². The van der Waals surface area contributed by atoms with Crippen molar-refractivity contribution in [1.29, 1.82) is 0 Å². The van der Waals surface area contributed by atoms with Crippen molar-refractivity contribution in [1.82, 2.24) is 0 Å². The second-order valence-electron chi connectivity index (χ2n) is 7.93. The normalized spacial score (nSPS) is 30.2. The van der Waals surface area contributed by atoms with Crippen molar-refractivity contribution in [2.45, 2.75) is 65.4 Å². The molecule has 4 nitrogen and oxygen atoms in total. The van der Waals surface area contributed by atoms with Crippen molar-refractivity contribution in [3.05, 3.63) is 29.8 Å². The fourth-order valence-corrected chi connectivity index (χ4v) is 4.11. The van der Waals surface area contributed by atoms with Crippen LogP contribution < -0.4 is 5.32 Å². The summed E-state index contributed by atoms with van der Waals surface area (Å²) in [5.74, 6) is -0.452. The van der Waals surface area contributed by atoms with E-state index in [0.717, 1.165) is 18.5 Å². The van der Waals surface area contributed by atoms with E-state index in [1.165, 1.54) is 12.0 Å². The molecule has 0 radical (unpaired) electrons. The third kappa shape index (κ3) is 2.19. The van der Waals surface area contributed by atoms with Gasteiger partial charge in [0, 0.05) is 11.1 Å². The van der Waals surface area contributed by atoms with Gasteiger partial charge >= 0.3 is 5.97 Å². The minimum Gasteiger partial charge on any atom is -0.448 e. The van der Waals surface area contributed by atoms with Crippen molar-refractivity contribution < 1.29 is 14.3 Å². The molecule has 3 rings (SSSR count). The van der Waals surface area contributed by atoms with E-state index in [1.807, 2.05) is 45.0 Å². The van der Waals surface area contributed by atoms with Gasteiger partial charge in [0.15, 0.2) is 5.60 Å². The summed E-state index contributed by atoms with van der Waals surface area (Å²) < 4.78 is 5.63. The van der Waals surface area contributed by atoms with Gasteiger partial charge in [0.2, 0.25) is 0 Å². The van der Waals surface area contributed by atoms with Gasteiger partial charge in [-0.1, -0.05) is 39.3 Å². The maximum Gasteiger partial charge on any atom is 0.313 e. The van der Waals surface area contributed by atoms with Gasteiger partial charge in [-0.05, 0) is 50.3 Å². The first-order valence-electron chi connectivity index (χ1n) is 8.91. The fourth-order valence-electron chi connectivity index (χ4n) is 4.11. The van der Waals surface area contributed by atoms with E-state index in [0.29, 0.717) is 12.8 Å². The predicted molar refractivity (Wildman–Crippen MR) is 93.6 cm³/mol. The van der Waals surface area contributed by atoms with E-state index in [-0.39, 0.29) is 11.9 Å². The number of carbonyl (C=O) groups excluding carboxylic acids is 2. The van der Waals surface area contributed by atoms with Gasteiger partial charge in [0.25, 0.3) is 5.91 Å². The van der Waals surface area contributed by atoms with Gasteiger partial charge in [-0.25, -0.2) is 0 Å². The summed E-state index contributed by atoms with van der Waals surface area (Å²) in [5, 5.41) is 2.96. The van der Waals surface area contributed by atoms with Crippen LogP contribution in [0.2, 0.25) is 0 Å². The summed E-state index contributed by atoms with van der Waals surface area (Å²) in [4.78, 5) is 25.2. The molecule has 1 heterocycles. The molecule has 2 aliphatic rings. The van der Waals surface area contributed by atoms with Crippen LogP contribution in [0.25, 0.3) is 0 Å². The number of hydrogen-bond donors (Lipinski definition) is 1. The number of unbranched alkanes of at least 4 members (excludes halogenated alkanes) is 1. The molecule has 130 valence electrons. The Kier molecular flexibility index (Phi) is 3.97. The molecular formula is C20H27NO3. The Labute approximate surface area is 144 Å². The Morgan fingerprint density at radius 1 is 1.17 bits per heavy atom. The maximum atomic E-state index is 13.0. The van der Waals surface area contributed by atoms with Crippen molar-refractivity contribution in [3.8, 4) is 0 Å². The third-order valence-corrected chi connectivity index (χ3v) is 6.48. The zero-order chi connectivity index (χ0) is 17.6. The maximum absolute atomic E-state index is 13.0. The second-order valence-corrected chi connectivity index (χ2v) is 7.93. The summed E-state index contributed by atoms with van der Waals surface area (Å²) >= 11 is 0. The van der Waals surface area contributed by atoms with Gasteiger partial charge in [0.1, 0.15) is 0 Å². The molecule has 24 heavy (non-hydrogen) atoms. The third-order valence-electron chi connectivity index (χ3n) is 6.48. The van der Waals surface area contributed by atoms with Crippen LogP contribution in [0.5, 0.6) is 0 Å². The smallest absolute Gasteiger partial charge is 0.313 e. The Morgan fingerprint density at radius 2 is 1.83 bits per heavy atom. The van der Waals surface area contributed by atoms with E-state index in [9.17, 15) is 9.59 Å². The summed E-state index contributed by atoms with van der Waals surface area (Å²) in [6.07, 6.45) is 4.67. The fraction of sp³-hybridized carbons (Fsp3) is 0.600. The predicted octanol–water partition coefficient (Wildman–Crippen LogP) is 4.09. The molecule has 2 bridgehead atoms. The zero-order valence-corrected chi connectivity index (χ0v) is 15.1. The van der Waals surface area contributed by atoms with Crippen molar-refractivity contribution in [2.24, 2.45) is 10.8 Å². The number of carbonyl (C=O) groups is 2. The quantitative estimate of drug-likeness (QED) is 0.828. The largest absolute Gasteiger partial charge is 0.448 e. The van der Waals surface area contributed by atoms with E-state index in [1.54, 1.807) is 0 Å². The van der Waals surface area contributed by atoms with Crippen LogP contribution in [0.1, 0.15) is 58.9 Å². The SMILES string of the molecule is CCCCc1ccc(NC(=O)[C@]23CC[C@](C)(C(=O)O2)C3(C)C)cc1. The molecule has 1 aliphatic heterocycles. The first-order valence-corrected chi connectivity index (χ1v) is 8.91. The zero-order valence-electron chi connectivity index (χ0n) is 15.1. The number of aryl methyl sites for hydroxylation is 1. The molecule has 2 fully saturated rings. The van der Waals surface area contributed by atoms with E-state index < -0.39 is 16.4 Å². The number of rotatable bonds is 5. The minimum atomic E-state index is -1.06. The number of ether oxygens (including phenoxy) is 1. The average molecular weight is 329 g/mol. The summed E-state index contributed by atoms with van der Waals surface area (Å²) in [5.41, 5.74) is -0.118. The number of fused-ring (bicyclic) bond motifs is 2. The summed E-state index contributed by atoms with van der Waals surface area (Å²) in [6, 6.07) is 7.95. The number of esters is 1. The standard InChI is InChI=1S/C20H27NO3/c1-5-6-7-14-8-10-15(11-9-14)21-16(22)20-13-12-19(4,17(23)24-20)18(20,2)3/h8-11H,5-7,12-13H2,1-4H3,(H,21,22)/t19-,20+/m1/s1. The van der Waals surface area contributed by atoms with Gasteiger partial charge in [0.05, 0.1) is 5.41 Å². The lowest BCUT2D eigenvalue weighted by atomic mass is 9.66. The van der Waals surface area contributed by atoms with Crippen LogP contribution in [-0.4, -0.2) is 17.5 Å². The lowest BCUT2D eigenvalue weighted by Gasteiger charge is -2.35. The number of benzene rings is 1. The van der Waals surface area contributed by atoms with Gasteiger partial charge in [-0.2, -0.15) is 0 Å². The molecule has 1 aromatic carbocycles. The minimum absolute atomic E-state index is 0.205. The highest BCUT2D eigenvalue weighted by atomic mass is 16.6. The number of hydrogen-bond acceptors (Lipinski definition) is 3. The van der Waals surface area contributed by atoms with Gasteiger partial charge in [-0.3, -0.25) is 9.59 Å². The highest BCUT2D eigenvalue weighted by molar-refractivity contribution is 6.03. The average Bonchev–Trinajstić information content (AvgIpc) is 2.84. The molecule has 1 aromatic rings. The lowest BCUT2D eigenvalue weighted by Crippen LogP contribution is -2.50. The van der Waals surface area contributed by atoms with Crippen LogP contribution >= 0.6 is 0 Å². The Morgan fingerprint density at radius 3 is 2.33 bits per heavy atom. The first-order chi connectivity index (χ1) is 11.3. The van der Waals surface area contributed by atoms with Gasteiger partial charge in [-0.15, -0.1) is 0 Å². The first kappa shape index (κ1) is 17.0. The monoisotopic (exact) mass is 329 g/mol. The Balaban J connectivity index is 1.77. The molecular weight excluding hydrogens is 302 g/mol. The topological polar surface area (TPSA) is 55.4 Å². The molecule has 0 spiro atoms. The van der Waals surface area contributed by atoms with Crippen LogP contribution in [0, 0.1) is 10.8 Å². The van der Waals surface area contributed by atoms with E-state index in [4.69, 9.17) is 4.74 Å². The molecule has 0 unspecified atom stereocenters. The molecule has 1 saturated heterocycles. The summed E-state index contributed by atoms with van der Waals surface area (Å²) in [6.45, 7) is 8.03. The van der Waals surface area contributed by atoms with E-state index >= 15 is 0 Å². The molecule has 1 aliphatic carbocycles. The van der Waals surface area contributed by atoms with Crippen molar-refractivity contribution in [2.75, 3.05) is 5.32 Å². The lowest BCUT2D eigenvalue weighted by molar-refractivity contribution is -0.165. The van der Waals surface area contributed by atoms with Crippen LogP contribution in [0.3, 0.4) is 0 Å². The second kappa shape index (κ2) is 5.61. The molecule has 0 aromatic heterocycles. The highest BCUT2D eigenvalue weighted by Crippen LogP contribution is 2.65. The summed E-state index contributed by atoms with van der Waals surface area (Å²) in [7, 11) is 0. The number of amides is 1. The molecule has 4 heteroatoms. The molecule has 1 N–H and O–H groups in total. The Bertz CT molecular complexity index is 664. The van der Waals surface area contributed by atoms with Crippen molar-refractivity contribution >= 4 is 17.6 Å². The van der Waals surface area contributed by atoms with Crippen molar-refractivity contribution in [3.63, 3.8) is 0 Å². The highest BCUT2D eigenvalue weighted by Gasteiger charge is 2.75. The molecule has 2 atom stereocenters.